The van der Waals surface area contributed by atoms with E-state index in [1.165, 1.54) is 29.5 Å². The predicted molar refractivity (Wildman–Crippen MR) is 102 cm³/mol. The number of carbonyl (C=O) groups excluding carboxylic acids is 1. The Morgan fingerprint density at radius 3 is 3.08 bits per heavy atom. The predicted octanol–water partition coefficient (Wildman–Crippen LogP) is 3.64. The summed E-state index contributed by atoms with van der Waals surface area (Å²) in [7, 11) is 1.63. The molecule has 1 amide bonds. The highest BCUT2D eigenvalue weighted by molar-refractivity contribution is 8.01. The van der Waals surface area contributed by atoms with Crippen LogP contribution >= 0.6 is 23.1 Å². The average Bonchev–Trinajstić information content (AvgIpc) is 3.07. The lowest BCUT2D eigenvalue weighted by Crippen LogP contribution is -2.40. The van der Waals surface area contributed by atoms with Gasteiger partial charge in [0.2, 0.25) is 11.0 Å². The molecular weight excluding hydrogens is 356 g/mol. The molecule has 6 nitrogen and oxygen atoms in total. The van der Waals surface area contributed by atoms with Gasteiger partial charge in [-0.2, -0.15) is 0 Å². The molecule has 3 rings (SSSR count). The summed E-state index contributed by atoms with van der Waals surface area (Å²) >= 11 is 2.89. The number of piperidine rings is 1. The Hall–Kier alpha value is -1.80. The molecule has 1 saturated heterocycles. The summed E-state index contributed by atoms with van der Waals surface area (Å²) in [5, 5.41) is 12.2. The van der Waals surface area contributed by atoms with E-state index in [0.717, 1.165) is 35.3 Å². The Bertz CT molecular complexity index is 722. The smallest absolute Gasteiger partial charge is 0.233 e. The second kappa shape index (κ2) is 8.53. The van der Waals surface area contributed by atoms with E-state index in [1.54, 1.807) is 7.11 Å². The third kappa shape index (κ3) is 4.85. The maximum absolute atomic E-state index is 12.3. The van der Waals surface area contributed by atoms with E-state index in [1.807, 2.05) is 29.2 Å². The summed E-state index contributed by atoms with van der Waals surface area (Å²) in [6.45, 7) is 3.95. The fourth-order valence-electron chi connectivity index (χ4n) is 2.81. The molecule has 1 aliphatic heterocycles. The molecule has 0 saturated carbocycles. The number of likely N-dealkylation sites (tertiary alicyclic amines) is 1. The van der Waals surface area contributed by atoms with Gasteiger partial charge < -0.3 is 15.0 Å². The van der Waals surface area contributed by atoms with Crippen LogP contribution in [0, 0.1) is 5.92 Å². The van der Waals surface area contributed by atoms with Crippen LogP contribution in [0.25, 0.3) is 0 Å². The number of ether oxygens (including phenoxy) is 1. The van der Waals surface area contributed by atoms with E-state index in [0.29, 0.717) is 16.8 Å². The van der Waals surface area contributed by atoms with Crippen molar-refractivity contribution in [2.24, 2.45) is 5.92 Å². The van der Waals surface area contributed by atoms with Crippen LogP contribution in [0.15, 0.2) is 28.6 Å². The summed E-state index contributed by atoms with van der Waals surface area (Å²) < 4.78 is 6.11. The Morgan fingerprint density at radius 2 is 2.28 bits per heavy atom. The molecule has 2 heterocycles. The van der Waals surface area contributed by atoms with Gasteiger partial charge in [0.05, 0.1) is 18.6 Å². The normalized spacial score (nSPS) is 17.4. The molecule has 1 atom stereocenters. The Morgan fingerprint density at radius 1 is 1.44 bits per heavy atom. The van der Waals surface area contributed by atoms with Gasteiger partial charge in [-0.3, -0.25) is 4.79 Å². The van der Waals surface area contributed by atoms with E-state index in [2.05, 4.69) is 22.4 Å². The number of anilines is 2. The van der Waals surface area contributed by atoms with Crippen LogP contribution in [0.5, 0.6) is 5.75 Å². The molecule has 0 radical (unpaired) electrons. The zero-order chi connectivity index (χ0) is 17.6. The molecule has 1 N–H and O–H groups in total. The highest BCUT2D eigenvalue weighted by Crippen LogP contribution is 2.31. The first-order valence-corrected chi connectivity index (χ1v) is 10.1. The van der Waals surface area contributed by atoms with Crippen molar-refractivity contribution in [1.82, 2.24) is 15.1 Å². The van der Waals surface area contributed by atoms with Crippen LogP contribution in [0.2, 0.25) is 0 Å². The summed E-state index contributed by atoms with van der Waals surface area (Å²) in [6.07, 6.45) is 2.31. The number of benzene rings is 1. The van der Waals surface area contributed by atoms with Crippen molar-refractivity contribution < 1.29 is 9.53 Å². The van der Waals surface area contributed by atoms with Crippen LogP contribution in [-0.4, -0.2) is 47.0 Å². The highest BCUT2D eigenvalue weighted by atomic mass is 32.2. The zero-order valence-corrected chi connectivity index (χ0v) is 16.0. The van der Waals surface area contributed by atoms with Crippen LogP contribution in [0.4, 0.5) is 10.8 Å². The number of hydrogen-bond donors (Lipinski definition) is 1. The molecule has 134 valence electrons. The lowest BCUT2D eigenvalue weighted by molar-refractivity contribution is -0.130. The molecule has 1 aromatic carbocycles. The molecule has 1 aliphatic rings. The van der Waals surface area contributed by atoms with Crippen LogP contribution < -0.4 is 10.1 Å². The first-order chi connectivity index (χ1) is 12.2. The molecular formula is C17H22N4O2S2. The summed E-state index contributed by atoms with van der Waals surface area (Å²) in [4.78, 5) is 14.3. The van der Waals surface area contributed by atoms with Crippen LogP contribution in [-0.2, 0) is 4.79 Å². The second-order valence-electron chi connectivity index (χ2n) is 6.07. The van der Waals surface area contributed by atoms with E-state index < -0.39 is 0 Å². The van der Waals surface area contributed by atoms with Crippen molar-refractivity contribution in [3.05, 3.63) is 24.3 Å². The van der Waals surface area contributed by atoms with Crippen molar-refractivity contribution in [2.45, 2.75) is 24.1 Å². The number of hydrogen-bond acceptors (Lipinski definition) is 7. The minimum absolute atomic E-state index is 0.186. The Balaban J connectivity index is 1.54. The van der Waals surface area contributed by atoms with Crippen molar-refractivity contribution in [2.75, 3.05) is 31.3 Å². The number of nitrogens with one attached hydrogen (secondary N) is 1. The van der Waals surface area contributed by atoms with Crippen molar-refractivity contribution in [3.8, 4) is 5.75 Å². The standard InChI is InChI=1S/C17H22N4O2S2/c1-12-6-5-9-21(10-12)15(22)11-24-17-20-19-16(25-17)18-13-7-3-4-8-14(13)23-2/h3-4,7-8,12H,5-6,9-11H2,1-2H3,(H,18,19). The largest absolute Gasteiger partial charge is 0.495 e. The first kappa shape index (κ1) is 18.0. The lowest BCUT2D eigenvalue weighted by Gasteiger charge is -2.30. The molecule has 0 spiro atoms. The number of rotatable bonds is 6. The lowest BCUT2D eigenvalue weighted by atomic mass is 10.0. The number of methoxy groups -OCH3 is 1. The van der Waals surface area contributed by atoms with Gasteiger partial charge in [0.1, 0.15) is 5.75 Å². The van der Waals surface area contributed by atoms with E-state index in [4.69, 9.17) is 4.74 Å². The maximum Gasteiger partial charge on any atom is 0.233 e. The molecule has 0 bridgehead atoms. The maximum atomic E-state index is 12.3. The Labute approximate surface area is 156 Å². The van der Waals surface area contributed by atoms with Gasteiger partial charge in [-0.1, -0.05) is 42.2 Å². The number of carbonyl (C=O) groups is 1. The van der Waals surface area contributed by atoms with Crippen molar-refractivity contribution >= 4 is 39.8 Å². The first-order valence-electron chi connectivity index (χ1n) is 8.30. The van der Waals surface area contributed by atoms with E-state index >= 15 is 0 Å². The molecule has 1 unspecified atom stereocenters. The van der Waals surface area contributed by atoms with Gasteiger partial charge in [0.25, 0.3) is 0 Å². The monoisotopic (exact) mass is 378 g/mol. The third-order valence-electron chi connectivity index (χ3n) is 4.08. The zero-order valence-electron chi connectivity index (χ0n) is 14.4. The van der Waals surface area contributed by atoms with Gasteiger partial charge in [-0.25, -0.2) is 0 Å². The van der Waals surface area contributed by atoms with E-state index in [9.17, 15) is 4.79 Å². The summed E-state index contributed by atoms with van der Waals surface area (Å²) in [6, 6.07) is 7.66. The molecule has 8 heteroatoms. The van der Waals surface area contributed by atoms with Gasteiger partial charge in [0.15, 0.2) is 4.34 Å². The van der Waals surface area contributed by atoms with Gasteiger partial charge >= 0.3 is 0 Å². The Kier molecular flexibility index (Phi) is 6.14. The van der Waals surface area contributed by atoms with Crippen molar-refractivity contribution in [1.29, 1.82) is 0 Å². The average molecular weight is 379 g/mol. The van der Waals surface area contributed by atoms with Gasteiger partial charge in [-0.15, -0.1) is 10.2 Å². The number of thioether (sulfide) groups is 1. The van der Waals surface area contributed by atoms with E-state index in [-0.39, 0.29) is 5.91 Å². The van der Waals surface area contributed by atoms with Gasteiger partial charge in [0, 0.05) is 13.1 Å². The minimum Gasteiger partial charge on any atom is -0.495 e. The molecule has 0 aliphatic carbocycles. The number of para-hydroxylation sites is 2. The fourth-order valence-corrected chi connectivity index (χ4v) is 4.48. The quantitative estimate of drug-likeness (QED) is 0.774. The molecule has 1 fully saturated rings. The van der Waals surface area contributed by atoms with Crippen LogP contribution in [0.3, 0.4) is 0 Å². The topological polar surface area (TPSA) is 67.3 Å². The van der Waals surface area contributed by atoms with Gasteiger partial charge in [-0.05, 0) is 30.9 Å². The van der Waals surface area contributed by atoms with Crippen molar-refractivity contribution in [3.63, 3.8) is 0 Å². The van der Waals surface area contributed by atoms with Crippen LogP contribution in [0.1, 0.15) is 19.8 Å². The SMILES string of the molecule is COc1ccccc1Nc1nnc(SCC(=O)N2CCCC(C)C2)s1. The summed E-state index contributed by atoms with van der Waals surface area (Å²) in [5.74, 6) is 1.95. The third-order valence-corrected chi connectivity index (χ3v) is 6.04. The number of amides is 1. The molecule has 1 aromatic heterocycles. The second-order valence-corrected chi connectivity index (χ2v) is 8.27. The highest BCUT2D eigenvalue weighted by Gasteiger charge is 2.21. The summed E-state index contributed by atoms with van der Waals surface area (Å²) in [5.41, 5.74) is 0.844. The minimum atomic E-state index is 0.186. The molecule has 2 aromatic rings. The molecule has 25 heavy (non-hydrogen) atoms. The number of nitrogens with zero attached hydrogens (tertiary/aromatic N) is 3. The number of aromatic nitrogens is 2. The fraction of sp³-hybridized carbons (Fsp3) is 0.471.